The Hall–Kier alpha value is -1.16. The van der Waals surface area contributed by atoms with E-state index in [1.54, 1.807) is 17.0 Å². The van der Waals surface area contributed by atoms with Crippen molar-refractivity contribution in [1.29, 1.82) is 0 Å². The smallest absolute Gasteiger partial charge is 0.276 e. The van der Waals surface area contributed by atoms with Crippen molar-refractivity contribution in [3.63, 3.8) is 0 Å². The van der Waals surface area contributed by atoms with E-state index < -0.39 is 10.2 Å². The number of carbonyl (C=O) groups excluding carboxylic acids is 1. The third kappa shape index (κ3) is 3.94. The molecule has 152 valence electrons. The topological polar surface area (TPSA) is 69.6 Å². The predicted molar refractivity (Wildman–Crippen MR) is 120 cm³/mol. The van der Waals surface area contributed by atoms with E-state index >= 15 is 0 Å². The molecule has 0 radical (unpaired) electrons. The van der Waals surface area contributed by atoms with Gasteiger partial charge in [0.2, 0.25) is 0 Å². The van der Waals surface area contributed by atoms with E-state index in [0.717, 1.165) is 22.8 Å². The summed E-state index contributed by atoms with van der Waals surface area (Å²) in [6.45, 7) is 4.21. The van der Waals surface area contributed by atoms with Crippen LogP contribution >= 0.6 is 44.8 Å². The maximum absolute atomic E-state index is 12.7. The van der Waals surface area contributed by atoms with Crippen molar-refractivity contribution >= 4 is 61.5 Å². The number of halogens is 2. The quantitative estimate of drug-likeness (QED) is 0.604. The van der Waals surface area contributed by atoms with Crippen molar-refractivity contribution in [3.05, 3.63) is 38.8 Å². The van der Waals surface area contributed by atoms with Gasteiger partial charge >= 0.3 is 0 Å². The average Bonchev–Trinajstić information content (AvgIpc) is 3.28. The number of fused-ring (bicyclic) bond motifs is 1. The first kappa shape index (κ1) is 21.5. The molecule has 0 spiro atoms. The Balaban J connectivity index is 2.07. The molecule has 0 saturated carbocycles. The van der Waals surface area contributed by atoms with Crippen molar-refractivity contribution in [3.8, 4) is 0 Å². The molecule has 2 N–H and O–H groups in total. The zero-order chi connectivity index (χ0) is 20.5. The minimum absolute atomic E-state index is 0.108. The van der Waals surface area contributed by atoms with Crippen LogP contribution in [0.3, 0.4) is 0 Å². The molecule has 2 heterocycles. The third-order valence-corrected chi connectivity index (χ3v) is 9.38. The van der Waals surface area contributed by atoms with Crippen molar-refractivity contribution in [2.45, 2.75) is 31.3 Å². The Labute approximate surface area is 180 Å². The van der Waals surface area contributed by atoms with Crippen LogP contribution in [0, 0.1) is 0 Å². The van der Waals surface area contributed by atoms with Gasteiger partial charge in [0, 0.05) is 10.3 Å². The second-order valence-electron chi connectivity index (χ2n) is 6.51. The molecule has 28 heavy (non-hydrogen) atoms. The number of benzene rings is 1. The molecular formula is C18H23Cl2N5OS2. The lowest BCUT2D eigenvalue weighted by molar-refractivity contribution is 0.0973. The fourth-order valence-electron chi connectivity index (χ4n) is 3.06. The highest BCUT2D eigenvalue weighted by Crippen LogP contribution is 2.62. The number of nitrogens with one attached hydrogen (secondary N) is 2. The molecule has 2 unspecified atom stereocenters. The van der Waals surface area contributed by atoms with E-state index in [1.165, 1.54) is 11.3 Å². The fraction of sp³-hybridized carbons (Fsp3) is 0.389. The van der Waals surface area contributed by atoms with Crippen molar-refractivity contribution in [2.24, 2.45) is 4.99 Å². The minimum Gasteiger partial charge on any atom is -0.300 e. The van der Waals surface area contributed by atoms with E-state index in [4.69, 9.17) is 28.2 Å². The van der Waals surface area contributed by atoms with Crippen LogP contribution in [0.4, 0.5) is 5.69 Å². The van der Waals surface area contributed by atoms with Crippen molar-refractivity contribution < 1.29 is 4.79 Å². The number of aromatic nitrogens is 1. The summed E-state index contributed by atoms with van der Waals surface area (Å²) in [5, 5.41) is 6.26. The highest BCUT2D eigenvalue weighted by Gasteiger charge is 2.41. The summed E-state index contributed by atoms with van der Waals surface area (Å²) in [5.41, 5.74) is 2.75. The molecule has 2 atom stereocenters. The van der Waals surface area contributed by atoms with Crippen LogP contribution in [0.2, 0.25) is 10.0 Å². The van der Waals surface area contributed by atoms with Crippen molar-refractivity contribution in [2.75, 3.05) is 19.8 Å². The molecule has 3 rings (SSSR count). The molecule has 1 aliphatic heterocycles. The van der Waals surface area contributed by atoms with Gasteiger partial charge in [0.15, 0.2) is 5.17 Å². The van der Waals surface area contributed by atoms with Gasteiger partial charge in [-0.2, -0.15) is 0 Å². The lowest BCUT2D eigenvalue weighted by atomic mass is 10.3. The molecule has 0 bridgehead atoms. The Morgan fingerprint density at radius 1 is 1.29 bits per heavy atom. The second-order valence-corrected chi connectivity index (χ2v) is 11.2. The zero-order valence-corrected chi connectivity index (χ0v) is 19.3. The Morgan fingerprint density at radius 2 is 2.00 bits per heavy atom. The van der Waals surface area contributed by atoms with E-state index in [9.17, 15) is 4.79 Å². The number of amidine groups is 1. The first-order valence-corrected chi connectivity index (χ1v) is 12.3. The Morgan fingerprint density at radius 3 is 2.57 bits per heavy atom. The number of rotatable bonds is 6. The second kappa shape index (κ2) is 8.69. The summed E-state index contributed by atoms with van der Waals surface area (Å²) in [6, 6.07) is 3.63. The molecule has 6 nitrogen and oxygen atoms in total. The number of nitrogens with zero attached hydrogens (tertiary/aromatic N) is 3. The largest absolute Gasteiger partial charge is 0.300 e. The Kier molecular flexibility index (Phi) is 6.69. The SMILES string of the molecule is CCC(NS1(CC)C(NC(=O)c2cscn2)=Nc2cc(Cl)c(Cl)cc21)N(C)C. The Bertz CT molecular complexity index is 904. The number of thiazole rings is 1. The third-order valence-electron chi connectivity index (χ3n) is 4.60. The molecule has 1 aromatic carbocycles. The first-order valence-electron chi connectivity index (χ1n) is 8.84. The van der Waals surface area contributed by atoms with Crippen LogP contribution in [-0.2, 0) is 0 Å². The molecule has 0 aliphatic carbocycles. The molecule has 10 heteroatoms. The standard InChI is InChI=1S/C18H23Cl2N5OS2/c1-5-16(25(3)4)24-28(6-2)15-8-12(20)11(19)7-13(15)22-18(28)23-17(26)14-9-27-10-21-14/h7-10,16,24H,5-6H2,1-4H3,(H,22,23,26). The maximum Gasteiger partial charge on any atom is 0.276 e. The van der Waals surface area contributed by atoms with Crippen molar-refractivity contribution in [1.82, 2.24) is 19.9 Å². The van der Waals surface area contributed by atoms with Gasteiger partial charge in [0.1, 0.15) is 5.69 Å². The van der Waals surface area contributed by atoms with Gasteiger partial charge in [0.25, 0.3) is 5.91 Å². The summed E-state index contributed by atoms with van der Waals surface area (Å²) in [5.74, 6) is 0.480. The van der Waals surface area contributed by atoms with Gasteiger partial charge in [0.05, 0.1) is 27.4 Å². The monoisotopic (exact) mass is 459 g/mol. The van der Waals surface area contributed by atoms with Crippen LogP contribution in [0.15, 0.2) is 32.9 Å². The van der Waals surface area contributed by atoms with Crippen LogP contribution in [-0.4, -0.2) is 47.0 Å². The maximum atomic E-state index is 12.7. The van der Waals surface area contributed by atoms with Gasteiger partial charge in [-0.1, -0.05) is 47.3 Å². The van der Waals surface area contributed by atoms with Gasteiger partial charge in [-0.05, 0) is 38.4 Å². The fourth-order valence-corrected chi connectivity index (χ4v) is 7.32. The first-order chi connectivity index (χ1) is 13.3. The highest BCUT2D eigenvalue weighted by atomic mass is 35.5. The average molecular weight is 460 g/mol. The van der Waals surface area contributed by atoms with Crippen LogP contribution in [0.25, 0.3) is 0 Å². The van der Waals surface area contributed by atoms with Crippen LogP contribution in [0.5, 0.6) is 0 Å². The molecule has 1 amide bonds. The van der Waals surface area contributed by atoms with Crippen LogP contribution < -0.4 is 10.0 Å². The number of hydrogen-bond acceptors (Lipinski definition) is 6. The lowest BCUT2D eigenvalue weighted by Crippen LogP contribution is -2.47. The lowest BCUT2D eigenvalue weighted by Gasteiger charge is -2.42. The number of amides is 1. The van der Waals surface area contributed by atoms with Gasteiger partial charge in [-0.25, -0.2) is 9.98 Å². The number of hydrogen-bond donors (Lipinski definition) is 2. The normalized spacial score (nSPS) is 21.8. The molecule has 1 aliphatic rings. The molecule has 0 saturated heterocycles. The van der Waals surface area contributed by atoms with Gasteiger partial charge < -0.3 is 0 Å². The highest BCUT2D eigenvalue weighted by molar-refractivity contribution is 8.44. The minimum atomic E-state index is -1.82. The number of carbonyl (C=O) groups is 1. The van der Waals surface area contributed by atoms with Gasteiger partial charge in [-0.3, -0.25) is 19.7 Å². The van der Waals surface area contributed by atoms with E-state index in [-0.39, 0.29) is 12.1 Å². The zero-order valence-electron chi connectivity index (χ0n) is 16.1. The predicted octanol–water partition coefficient (Wildman–Crippen LogP) is 4.87. The van der Waals surface area contributed by atoms with E-state index in [0.29, 0.717) is 20.9 Å². The van der Waals surface area contributed by atoms with E-state index in [2.05, 4.69) is 33.8 Å². The molecule has 0 fully saturated rings. The molecule has 1 aromatic heterocycles. The van der Waals surface area contributed by atoms with E-state index in [1.807, 2.05) is 20.2 Å². The summed E-state index contributed by atoms with van der Waals surface area (Å²) in [7, 11) is 2.23. The number of aliphatic imine (C=N–C) groups is 1. The van der Waals surface area contributed by atoms with Crippen LogP contribution in [0.1, 0.15) is 30.8 Å². The summed E-state index contributed by atoms with van der Waals surface area (Å²) < 4.78 is 3.78. The van der Waals surface area contributed by atoms with Gasteiger partial charge in [-0.15, -0.1) is 11.3 Å². The molecule has 2 aromatic rings. The summed E-state index contributed by atoms with van der Waals surface area (Å²) in [4.78, 5) is 24.7. The summed E-state index contributed by atoms with van der Waals surface area (Å²) >= 11 is 13.9. The molecular weight excluding hydrogens is 437 g/mol. The summed E-state index contributed by atoms with van der Waals surface area (Å²) in [6.07, 6.45) is 1.00.